The predicted octanol–water partition coefficient (Wildman–Crippen LogP) is 0.866. The molecule has 0 aromatic rings. The number of hydrogen-bond donors (Lipinski definition) is 0. The first-order valence-electron chi connectivity index (χ1n) is 7.46. The molecule has 0 aliphatic carbocycles. The molecule has 4 heterocycles. The number of rotatable bonds is 1. The molecule has 3 saturated heterocycles. The van der Waals surface area contributed by atoms with Gasteiger partial charge in [-0.05, 0) is 33.8 Å². The van der Waals surface area contributed by atoms with E-state index in [9.17, 15) is 4.79 Å². The van der Waals surface area contributed by atoms with Gasteiger partial charge >= 0.3 is 5.97 Å². The van der Waals surface area contributed by atoms with E-state index in [1.165, 1.54) is 6.08 Å². The fourth-order valence-corrected chi connectivity index (χ4v) is 3.54. The van der Waals surface area contributed by atoms with Gasteiger partial charge in [-0.15, -0.1) is 0 Å². The molecule has 4 rings (SSSR count). The molecule has 7 heteroatoms. The summed E-state index contributed by atoms with van der Waals surface area (Å²) in [7, 11) is 0. The van der Waals surface area contributed by atoms with Gasteiger partial charge in [-0.3, -0.25) is 0 Å². The van der Waals surface area contributed by atoms with E-state index in [1.54, 1.807) is 19.9 Å². The summed E-state index contributed by atoms with van der Waals surface area (Å²) in [4.78, 5) is 11.7. The second kappa shape index (κ2) is 4.30. The molecule has 0 N–H and O–H groups in total. The van der Waals surface area contributed by atoms with Crippen molar-refractivity contribution >= 4 is 5.97 Å². The highest BCUT2D eigenvalue weighted by Crippen LogP contribution is 2.49. The maximum absolute atomic E-state index is 11.7. The molecule has 1 spiro atoms. The van der Waals surface area contributed by atoms with Crippen molar-refractivity contribution in [2.45, 2.75) is 69.5 Å². The monoisotopic (exact) mass is 312 g/mol. The number of fused-ring (bicyclic) bond motifs is 2. The van der Waals surface area contributed by atoms with E-state index in [4.69, 9.17) is 28.4 Å². The minimum Gasteiger partial charge on any atom is -0.446 e. The average Bonchev–Trinajstić information content (AvgIpc) is 3.07. The van der Waals surface area contributed by atoms with E-state index < -0.39 is 41.6 Å². The lowest BCUT2D eigenvalue weighted by molar-refractivity contribution is -0.243. The van der Waals surface area contributed by atoms with Crippen LogP contribution in [0.5, 0.6) is 0 Å². The molecule has 0 radical (unpaired) electrons. The van der Waals surface area contributed by atoms with Crippen LogP contribution in [0, 0.1) is 0 Å². The van der Waals surface area contributed by atoms with Crippen LogP contribution in [-0.4, -0.2) is 54.4 Å². The second-order valence-electron chi connectivity index (χ2n) is 6.96. The van der Waals surface area contributed by atoms with Gasteiger partial charge in [-0.1, -0.05) is 0 Å². The van der Waals surface area contributed by atoms with Gasteiger partial charge < -0.3 is 28.4 Å². The largest absolute Gasteiger partial charge is 0.446 e. The molecule has 0 bridgehead atoms. The molecule has 5 atom stereocenters. The van der Waals surface area contributed by atoms with Gasteiger partial charge in [-0.2, -0.15) is 0 Å². The molecular weight excluding hydrogens is 292 g/mol. The van der Waals surface area contributed by atoms with Gasteiger partial charge in [0.2, 0.25) is 0 Å². The SMILES string of the molecule is CC1(C)OC[C@H]([C@H]2O[C@@H]3OC(C)(C)O[C@@H]3[C@@]23C=CC(=O)O3)O1. The van der Waals surface area contributed by atoms with E-state index in [0.717, 1.165) is 0 Å². The molecule has 122 valence electrons. The van der Waals surface area contributed by atoms with Crippen LogP contribution in [-0.2, 0) is 33.2 Å². The molecule has 0 saturated carbocycles. The fraction of sp³-hybridized carbons (Fsp3) is 0.800. The van der Waals surface area contributed by atoms with E-state index in [-0.39, 0.29) is 6.10 Å². The molecular formula is C15H20O7. The lowest BCUT2D eigenvalue weighted by atomic mass is 9.89. The third-order valence-electron chi connectivity index (χ3n) is 4.35. The Morgan fingerprint density at radius 3 is 2.41 bits per heavy atom. The maximum atomic E-state index is 11.7. The molecule has 0 amide bonds. The predicted molar refractivity (Wildman–Crippen MR) is 71.6 cm³/mol. The zero-order valence-electron chi connectivity index (χ0n) is 13.0. The molecule has 3 fully saturated rings. The van der Waals surface area contributed by atoms with Crippen molar-refractivity contribution in [1.82, 2.24) is 0 Å². The Morgan fingerprint density at radius 2 is 1.82 bits per heavy atom. The first kappa shape index (κ1) is 14.6. The third-order valence-corrected chi connectivity index (χ3v) is 4.35. The van der Waals surface area contributed by atoms with E-state index in [2.05, 4.69) is 0 Å². The first-order valence-corrected chi connectivity index (χ1v) is 7.46. The van der Waals surface area contributed by atoms with Crippen LogP contribution >= 0.6 is 0 Å². The Bertz CT molecular complexity index is 540. The van der Waals surface area contributed by atoms with Crippen molar-refractivity contribution in [1.29, 1.82) is 0 Å². The van der Waals surface area contributed by atoms with E-state index in [1.807, 2.05) is 13.8 Å². The lowest BCUT2D eigenvalue weighted by Gasteiger charge is -2.34. The molecule has 4 aliphatic heterocycles. The summed E-state index contributed by atoms with van der Waals surface area (Å²) in [6.45, 7) is 7.63. The highest BCUT2D eigenvalue weighted by atomic mass is 16.9. The van der Waals surface area contributed by atoms with Crippen molar-refractivity contribution < 1.29 is 33.2 Å². The van der Waals surface area contributed by atoms with Gasteiger partial charge in [-0.25, -0.2) is 4.79 Å². The summed E-state index contributed by atoms with van der Waals surface area (Å²) >= 11 is 0. The van der Waals surface area contributed by atoms with Crippen LogP contribution in [0.15, 0.2) is 12.2 Å². The summed E-state index contributed by atoms with van der Waals surface area (Å²) < 4.78 is 34.8. The summed E-state index contributed by atoms with van der Waals surface area (Å²) in [5.41, 5.74) is -1.04. The van der Waals surface area contributed by atoms with Crippen molar-refractivity contribution in [2.24, 2.45) is 0 Å². The summed E-state index contributed by atoms with van der Waals surface area (Å²) in [6.07, 6.45) is 1.05. The Morgan fingerprint density at radius 1 is 1.05 bits per heavy atom. The molecule has 4 aliphatic rings. The maximum Gasteiger partial charge on any atom is 0.331 e. The summed E-state index contributed by atoms with van der Waals surface area (Å²) in [6, 6.07) is 0. The summed E-state index contributed by atoms with van der Waals surface area (Å²) in [5.74, 6) is -1.90. The lowest BCUT2D eigenvalue weighted by Crippen LogP contribution is -2.53. The van der Waals surface area contributed by atoms with E-state index in [0.29, 0.717) is 6.61 Å². The van der Waals surface area contributed by atoms with Crippen molar-refractivity contribution in [3.8, 4) is 0 Å². The number of carbonyl (C=O) groups excluding carboxylic acids is 1. The highest BCUT2D eigenvalue weighted by molar-refractivity contribution is 5.85. The van der Waals surface area contributed by atoms with Crippen LogP contribution in [0.2, 0.25) is 0 Å². The smallest absolute Gasteiger partial charge is 0.331 e. The minimum absolute atomic E-state index is 0.355. The first-order chi connectivity index (χ1) is 10.2. The summed E-state index contributed by atoms with van der Waals surface area (Å²) in [5, 5.41) is 0. The Balaban J connectivity index is 1.66. The van der Waals surface area contributed by atoms with Crippen LogP contribution in [0.1, 0.15) is 27.7 Å². The van der Waals surface area contributed by atoms with Crippen LogP contribution in [0.4, 0.5) is 0 Å². The van der Waals surface area contributed by atoms with Crippen molar-refractivity contribution in [2.75, 3.05) is 6.61 Å². The molecule has 7 nitrogen and oxygen atoms in total. The number of ether oxygens (including phenoxy) is 6. The molecule has 0 aromatic heterocycles. The van der Waals surface area contributed by atoms with Gasteiger partial charge in [0.15, 0.2) is 29.6 Å². The quantitative estimate of drug-likeness (QED) is 0.665. The number of esters is 1. The van der Waals surface area contributed by atoms with Gasteiger partial charge in [0.05, 0.1) is 6.61 Å². The molecule has 22 heavy (non-hydrogen) atoms. The molecule has 0 unspecified atom stereocenters. The van der Waals surface area contributed by atoms with Crippen LogP contribution < -0.4 is 0 Å². The fourth-order valence-electron chi connectivity index (χ4n) is 3.54. The Hall–Kier alpha value is -0.990. The second-order valence-corrected chi connectivity index (χ2v) is 6.96. The van der Waals surface area contributed by atoms with Crippen LogP contribution in [0.25, 0.3) is 0 Å². The zero-order valence-corrected chi connectivity index (χ0v) is 13.0. The van der Waals surface area contributed by atoms with Crippen molar-refractivity contribution in [3.05, 3.63) is 12.2 Å². The highest BCUT2D eigenvalue weighted by Gasteiger charge is 2.68. The zero-order chi connectivity index (χ0) is 15.8. The Labute approximate surface area is 128 Å². The van der Waals surface area contributed by atoms with E-state index >= 15 is 0 Å². The molecule has 0 aromatic carbocycles. The Kier molecular flexibility index (Phi) is 2.85. The van der Waals surface area contributed by atoms with Crippen LogP contribution in [0.3, 0.4) is 0 Å². The number of hydrogen-bond acceptors (Lipinski definition) is 7. The minimum atomic E-state index is -1.04. The number of carbonyl (C=O) groups is 1. The van der Waals surface area contributed by atoms with Crippen molar-refractivity contribution in [3.63, 3.8) is 0 Å². The topological polar surface area (TPSA) is 72.5 Å². The normalized spacial score (nSPS) is 48.1. The van der Waals surface area contributed by atoms with Gasteiger partial charge in [0, 0.05) is 6.08 Å². The van der Waals surface area contributed by atoms with Gasteiger partial charge in [0.25, 0.3) is 0 Å². The third kappa shape index (κ3) is 2.04. The van der Waals surface area contributed by atoms with Gasteiger partial charge in [0.1, 0.15) is 12.2 Å². The standard InChI is InChI=1S/C15H20O7/c1-13(2)17-7-8(19-13)10-15(6-5-9(16)20-15)11-12(18-10)22-14(3,4)21-11/h5-6,8,10-12H,7H2,1-4H3/t8-,10-,11+,12-,15-/m1/s1. The average molecular weight is 312 g/mol.